The fraction of sp³-hybridized carbons (Fsp3) is 0.579. The minimum absolute atomic E-state index is 0.0241. The molecule has 2 aliphatic rings. The number of hydrogen-bond acceptors (Lipinski definition) is 3. The summed E-state index contributed by atoms with van der Waals surface area (Å²) in [5.74, 6) is 0.0571. The molecule has 0 aromatic heterocycles. The number of fused-ring (bicyclic) bond motifs is 2. The number of benzene rings is 1. The Kier molecular flexibility index (Phi) is 4.17. The maximum Gasteiger partial charge on any atom is 0.263 e. The Balaban J connectivity index is 1.54. The third kappa shape index (κ3) is 3.74. The molecule has 0 spiro atoms. The molecule has 1 aliphatic carbocycles. The second kappa shape index (κ2) is 5.99. The van der Waals surface area contributed by atoms with Crippen molar-refractivity contribution >= 4 is 12.1 Å². The van der Waals surface area contributed by atoms with Gasteiger partial charge < -0.3 is 9.74 Å². The molecule has 2 fully saturated rings. The molecule has 1 aliphatic heterocycles. The fourth-order valence-corrected chi connectivity index (χ4v) is 4.56. The van der Waals surface area contributed by atoms with Crippen LogP contribution in [0.4, 0.5) is 0 Å². The molecule has 1 heterocycles. The van der Waals surface area contributed by atoms with Crippen LogP contribution in [-0.2, 0) is 9.63 Å². The van der Waals surface area contributed by atoms with Gasteiger partial charge in [0.15, 0.2) is 6.61 Å². The summed E-state index contributed by atoms with van der Waals surface area (Å²) in [6.45, 7) is 7.81. The van der Waals surface area contributed by atoms with E-state index in [9.17, 15) is 4.79 Å². The highest BCUT2D eigenvalue weighted by molar-refractivity contribution is 5.80. The van der Waals surface area contributed by atoms with E-state index >= 15 is 0 Å². The Morgan fingerprint density at radius 2 is 2.04 bits per heavy atom. The van der Waals surface area contributed by atoms with Gasteiger partial charge in [0.1, 0.15) is 0 Å². The van der Waals surface area contributed by atoms with Crippen LogP contribution < -0.4 is 0 Å². The summed E-state index contributed by atoms with van der Waals surface area (Å²) >= 11 is 0. The standard InChI is InChI=1S/C19H26N2O2/c1-18(2)9-16-10-19(3,13-18)14-21(16)17(22)12-23-20-11-15-7-5-4-6-8-15/h4-8,11,16H,9-10,12-14H2,1-3H3/b20-11-/t16-,19+/m1/s1. The van der Waals surface area contributed by atoms with Gasteiger partial charge in [-0.3, -0.25) is 4.79 Å². The molecule has 1 saturated carbocycles. The zero-order valence-electron chi connectivity index (χ0n) is 14.3. The summed E-state index contributed by atoms with van der Waals surface area (Å²) < 4.78 is 0. The van der Waals surface area contributed by atoms with Gasteiger partial charge in [0.25, 0.3) is 5.91 Å². The molecule has 1 aromatic rings. The number of amides is 1. The lowest BCUT2D eigenvalue weighted by molar-refractivity contribution is -0.137. The number of rotatable bonds is 4. The van der Waals surface area contributed by atoms with Gasteiger partial charge in [-0.15, -0.1) is 0 Å². The van der Waals surface area contributed by atoms with Crippen LogP contribution in [0.25, 0.3) is 0 Å². The molecule has 0 unspecified atom stereocenters. The van der Waals surface area contributed by atoms with Gasteiger partial charge in [0, 0.05) is 12.6 Å². The van der Waals surface area contributed by atoms with Gasteiger partial charge in [0.2, 0.25) is 0 Å². The van der Waals surface area contributed by atoms with Crippen molar-refractivity contribution in [2.45, 2.75) is 46.1 Å². The average Bonchev–Trinajstić information content (AvgIpc) is 2.73. The summed E-state index contributed by atoms with van der Waals surface area (Å²) in [5, 5.41) is 3.91. The lowest BCUT2D eigenvalue weighted by atomic mass is 9.65. The zero-order valence-corrected chi connectivity index (χ0v) is 14.3. The molecule has 124 valence electrons. The van der Waals surface area contributed by atoms with E-state index in [1.807, 2.05) is 35.2 Å². The summed E-state index contributed by atoms with van der Waals surface area (Å²) in [4.78, 5) is 19.7. The number of oxime groups is 1. The van der Waals surface area contributed by atoms with Crippen molar-refractivity contribution in [3.8, 4) is 0 Å². The maximum atomic E-state index is 12.5. The molecular formula is C19H26N2O2. The smallest absolute Gasteiger partial charge is 0.263 e. The number of hydrogen-bond donors (Lipinski definition) is 0. The van der Waals surface area contributed by atoms with Gasteiger partial charge in [-0.2, -0.15) is 0 Å². The molecule has 2 atom stereocenters. The Labute approximate surface area is 138 Å². The second-order valence-corrected chi connectivity index (χ2v) is 8.15. The molecule has 1 amide bonds. The van der Waals surface area contributed by atoms with E-state index < -0.39 is 0 Å². The van der Waals surface area contributed by atoms with Gasteiger partial charge in [0.05, 0.1) is 6.21 Å². The Morgan fingerprint density at radius 1 is 1.30 bits per heavy atom. The van der Waals surface area contributed by atoms with Crippen molar-refractivity contribution in [1.29, 1.82) is 0 Å². The summed E-state index contributed by atoms with van der Waals surface area (Å²) in [6.07, 6.45) is 5.03. The lowest BCUT2D eigenvalue weighted by Gasteiger charge is -2.39. The van der Waals surface area contributed by atoms with Crippen molar-refractivity contribution in [2.75, 3.05) is 13.2 Å². The van der Waals surface area contributed by atoms with Crippen molar-refractivity contribution in [1.82, 2.24) is 4.90 Å². The highest BCUT2D eigenvalue weighted by Crippen LogP contribution is 2.52. The lowest BCUT2D eigenvalue weighted by Crippen LogP contribution is -2.39. The van der Waals surface area contributed by atoms with Crippen molar-refractivity contribution in [2.24, 2.45) is 16.0 Å². The van der Waals surface area contributed by atoms with Crippen LogP contribution in [0.2, 0.25) is 0 Å². The minimum Gasteiger partial charge on any atom is -0.386 e. The van der Waals surface area contributed by atoms with Crippen LogP contribution in [0.5, 0.6) is 0 Å². The van der Waals surface area contributed by atoms with Crippen LogP contribution in [0.15, 0.2) is 35.5 Å². The number of nitrogens with zero attached hydrogens (tertiary/aromatic N) is 2. The monoisotopic (exact) mass is 314 g/mol. The average molecular weight is 314 g/mol. The van der Waals surface area contributed by atoms with Crippen molar-refractivity contribution < 1.29 is 9.63 Å². The summed E-state index contributed by atoms with van der Waals surface area (Å²) in [6, 6.07) is 10.1. The first-order chi connectivity index (χ1) is 10.9. The van der Waals surface area contributed by atoms with Crippen LogP contribution >= 0.6 is 0 Å². The molecule has 0 radical (unpaired) electrons. The minimum atomic E-state index is 0.0241. The molecule has 2 bridgehead atoms. The largest absolute Gasteiger partial charge is 0.386 e. The second-order valence-electron chi connectivity index (χ2n) is 8.15. The SMILES string of the molecule is CC1(C)C[C@@H]2C[C@](C)(CN2C(=O)CO/N=C\c2ccccc2)C1. The van der Waals surface area contributed by atoms with E-state index in [0.29, 0.717) is 11.5 Å². The highest BCUT2D eigenvalue weighted by atomic mass is 16.6. The molecule has 1 saturated heterocycles. The Hall–Kier alpha value is -1.84. The van der Waals surface area contributed by atoms with Gasteiger partial charge in [-0.25, -0.2) is 0 Å². The first-order valence-corrected chi connectivity index (χ1v) is 8.37. The van der Waals surface area contributed by atoms with Gasteiger partial charge >= 0.3 is 0 Å². The van der Waals surface area contributed by atoms with E-state index in [1.54, 1.807) is 6.21 Å². The Morgan fingerprint density at radius 3 is 2.78 bits per heavy atom. The van der Waals surface area contributed by atoms with Crippen molar-refractivity contribution in [3.05, 3.63) is 35.9 Å². The zero-order chi connectivity index (χ0) is 16.5. The van der Waals surface area contributed by atoms with Crippen LogP contribution in [-0.4, -0.2) is 36.2 Å². The predicted molar refractivity (Wildman–Crippen MR) is 91.2 cm³/mol. The van der Waals surface area contributed by atoms with E-state index in [2.05, 4.69) is 25.9 Å². The van der Waals surface area contributed by atoms with Gasteiger partial charge in [-0.05, 0) is 35.7 Å². The maximum absolute atomic E-state index is 12.5. The third-order valence-corrected chi connectivity index (χ3v) is 5.00. The van der Waals surface area contributed by atoms with Crippen LogP contribution in [0.1, 0.15) is 45.6 Å². The van der Waals surface area contributed by atoms with E-state index in [0.717, 1.165) is 24.9 Å². The normalized spacial score (nSPS) is 29.0. The Bertz CT molecular complexity index is 597. The van der Waals surface area contributed by atoms with Crippen LogP contribution in [0, 0.1) is 10.8 Å². The predicted octanol–water partition coefficient (Wildman–Crippen LogP) is 3.46. The van der Waals surface area contributed by atoms with Crippen LogP contribution in [0.3, 0.4) is 0 Å². The van der Waals surface area contributed by atoms with Gasteiger partial charge in [-0.1, -0.05) is 56.3 Å². The van der Waals surface area contributed by atoms with E-state index in [-0.39, 0.29) is 17.9 Å². The molecular weight excluding hydrogens is 288 g/mol. The fourth-order valence-electron chi connectivity index (χ4n) is 4.56. The molecule has 23 heavy (non-hydrogen) atoms. The molecule has 4 heteroatoms. The van der Waals surface area contributed by atoms with E-state index in [1.165, 1.54) is 6.42 Å². The first kappa shape index (κ1) is 16.0. The molecule has 0 N–H and O–H groups in total. The number of carbonyl (C=O) groups excluding carboxylic acids is 1. The molecule has 4 nitrogen and oxygen atoms in total. The third-order valence-electron chi connectivity index (χ3n) is 5.00. The highest BCUT2D eigenvalue weighted by Gasteiger charge is 2.50. The quantitative estimate of drug-likeness (QED) is 0.631. The summed E-state index contributed by atoms with van der Waals surface area (Å²) in [7, 11) is 0. The molecule has 3 rings (SSSR count). The van der Waals surface area contributed by atoms with E-state index in [4.69, 9.17) is 4.84 Å². The number of likely N-dealkylation sites (tertiary alicyclic amines) is 1. The van der Waals surface area contributed by atoms with Crippen molar-refractivity contribution in [3.63, 3.8) is 0 Å². The topological polar surface area (TPSA) is 41.9 Å². The first-order valence-electron chi connectivity index (χ1n) is 8.37. The summed E-state index contributed by atoms with van der Waals surface area (Å²) in [5.41, 5.74) is 1.54. The number of carbonyl (C=O) groups is 1. The molecule has 1 aromatic carbocycles.